The fourth-order valence-corrected chi connectivity index (χ4v) is 2.56. The van der Waals surface area contributed by atoms with Crippen LogP contribution in [-0.2, 0) is 6.54 Å². The Labute approximate surface area is 113 Å². The Balaban J connectivity index is 1.68. The van der Waals surface area contributed by atoms with Crippen LogP contribution >= 0.6 is 11.6 Å². The molecule has 1 saturated carbocycles. The number of hydrogen-bond acceptors (Lipinski definition) is 1. The zero-order valence-electron chi connectivity index (χ0n) is 10.4. The van der Waals surface area contributed by atoms with Crippen molar-refractivity contribution in [3.63, 3.8) is 0 Å². The molecule has 1 aliphatic rings. The van der Waals surface area contributed by atoms with E-state index in [1.807, 2.05) is 24.3 Å². The van der Waals surface area contributed by atoms with Gasteiger partial charge < -0.3 is 10.6 Å². The van der Waals surface area contributed by atoms with E-state index < -0.39 is 0 Å². The van der Waals surface area contributed by atoms with Gasteiger partial charge in [-0.3, -0.25) is 0 Å². The van der Waals surface area contributed by atoms with Crippen LogP contribution in [0.1, 0.15) is 31.2 Å². The maximum atomic E-state index is 11.6. The van der Waals surface area contributed by atoms with Crippen molar-refractivity contribution >= 4 is 17.6 Å². The molecule has 0 unspecified atom stereocenters. The minimum absolute atomic E-state index is 0.0955. The molecule has 1 aliphatic carbocycles. The van der Waals surface area contributed by atoms with E-state index in [0.29, 0.717) is 17.5 Å². The molecule has 2 amide bonds. The zero-order valence-corrected chi connectivity index (χ0v) is 11.2. The molecule has 98 valence electrons. The summed E-state index contributed by atoms with van der Waals surface area (Å²) in [6, 6.07) is 7.42. The second-order valence-corrected chi connectivity index (χ2v) is 5.28. The second kappa shape index (κ2) is 6.64. The van der Waals surface area contributed by atoms with E-state index in [0.717, 1.165) is 12.1 Å². The first kappa shape index (κ1) is 13.2. The van der Waals surface area contributed by atoms with Crippen molar-refractivity contribution in [2.75, 3.05) is 6.54 Å². The average Bonchev–Trinajstić information content (AvgIpc) is 2.87. The number of hydrogen-bond donors (Lipinski definition) is 2. The first-order valence-electron chi connectivity index (χ1n) is 6.50. The summed E-state index contributed by atoms with van der Waals surface area (Å²) < 4.78 is 0. The summed E-state index contributed by atoms with van der Waals surface area (Å²) in [6.45, 7) is 1.30. The molecule has 18 heavy (non-hydrogen) atoms. The van der Waals surface area contributed by atoms with Gasteiger partial charge in [0.05, 0.1) is 0 Å². The van der Waals surface area contributed by atoms with E-state index in [4.69, 9.17) is 11.6 Å². The molecule has 2 N–H and O–H groups in total. The van der Waals surface area contributed by atoms with Crippen LogP contribution in [0.15, 0.2) is 24.3 Å². The molecule has 0 aromatic heterocycles. The van der Waals surface area contributed by atoms with Gasteiger partial charge in [-0.15, -0.1) is 0 Å². The predicted octanol–water partition coefficient (Wildman–Crippen LogP) is 3.33. The molecule has 0 bridgehead atoms. The van der Waals surface area contributed by atoms with Crippen LogP contribution in [0.5, 0.6) is 0 Å². The van der Waals surface area contributed by atoms with Crippen LogP contribution in [0.4, 0.5) is 4.79 Å². The Morgan fingerprint density at radius 3 is 2.78 bits per heavy atom. The molecular weight excluding hydrogens is 248 g/mol. The molecule has 4 heteroatoms. The van der Waals surface area contributed by atoms with Crippen LogP contribution in [0.25, 0.3) is 0 Å². The normalized spacial score (nSPS) is 15.6. The highest BCUT2D eigenvalue weighted by Crippen LogP contribution is 2.23. The highest BCUT2D eigenvalue weighted by molar-refractivity contribution is 6.30. The molecule has 1 aromatic carbocycles. The van der Waals surface area contributed by atoms with Crippen LogP contribution < -0.4 is 10.6 Å². The lowest BCUT2D eigenvalue weighted by Crippen LogP contribution is -2.37. The number of nitrogens with one attached hydrogen (secondary N) is 2. The van der Waals surface area contributed by atoms with Crippen molar-refractivity contribution < 1.29 is 4.79 Å². The van der Waals surface area contributed by atoms with Gasteiger partial charge in [-0.05, 0) is 36.5 Å². The quantitative estimate of drug-likeness (QED) is 0.862. The average molecular weight is 267 g/mol. The number of urea groups is 1. The Hall–Kier alpha value is -1.22. The van der Waals surface area contributed by atoms with Gasteiger partial charge >= 0.3 is 6.03 Å². The lowest BCUT2D eigenvalue weighted by Gasteiger charge is -2.11. The third kappa shape index (κ3) is 4.22. The first-order chi connectivity index (χ1) is 8.74. The third-order valence-electron chi connectivity index (χ3n) is 3.37. The minimum Gasteiger partial charge on any atom is -0.338 e. The number of carbonyl (C=O) groups excluding carboxylic acids is 1. The molecule has 0 atom stereocenters. The summed E-state index contributed by atoms with van der Waals surface area (Å²) in [7, 11) is 0. The highest BCUT2D eigenvalue weighted by atomic mass is 35.5. The Morgan fingerprint density at radius 1 is 1.28 bits per heavy atom. The van der Waals surface area contributed by atoms with Gasteiger partial charge in [0.2, 0.25) is 0 Å². The number of carbonyl (C=O) groups is 1. The molecule has 3 nitrogen and oxygen atoms in total. The predicted molar refractivity (Wildman–Crippen MR) is 73.6 cm³/mol. The molecule has 1 fully saturated rings. The summed E-state index contributed by atoms with van der Waals surface area (Å²) in [4.78, 5) is 11.6. The fraction of sp³-hybridized carbons (Fsp3) is 0.500. The smallest absolute Gasteiger partial charge is 0.315 e. The van der Waals surface area contributed by atoms with Crippen LogP contribution in [-0.4, -0.2) is 12.6 Å². The molecule has 0 radical (unpaired) electrons. The summed E-state index contributed by atoms with van der Waals surface area (Å²) in [5, 5.41) is 6.46. The van der Waals surface area contributed by atoms with Crippen molar-refractivity contribution in [3.8, 4) is 0 Å². The number of benzene rings is 1. The van der Waals surface area contributed by atoms with Crippen molar-refractivity contribution in [1.29, 1.82) is 0 Å². The van der Waals surface area contributed by atoms with Gasteiger partial charge in [0, 0.05) is 18.1 Å². The Bertz CT molecular complexity index is 403. The summed E-state index contributed by atoms with van der Waals surface area (Å²) in [5.41, 5.74) is 1.01. The van der Waals surface area contributed by atoms with Crippen LogP contribution in [0, 0.1) is 5.92 Å². The van der Waals surface area contributed by atoms with E-state index >= 15 is 0 Å². The molecule has 1 aromatic rings. The monoisotopic (exact) mass is 266 g/mol. The molecule has 0 spiro atoms. The lowest BCUT2D eigenvalue weighted by atomic mass is 10.1. The topological polar surface area (TPSA) is 41.1 Å². The standard InChI is InChI=1S/C14H19ClN2O/c15-13-7-3-6-12(8-13)10-17-14(18)16-9-11-4-1-2-5-11/h3,6-8,11H,1-2,4-5,9-10H2,(H2,16,17,18). The van der Waals surface area contributed by atoms with Gasteiger partial charge in [0.25, 0.3) is 0 Å². The van der Waals surface area contributed by atoms with Gasteiger partial charge in [-0.25, -0.2) is 4.79 Å². The van der Waals surface area contributed by atoms with Gasteiger partial charge in [0.15, 0.2) is 0 Å². The summed E-state index contributed by atoms with van der Waals surface area (Å²) >= 11 is 5.88. The largest absolute Gasteiger partial charge is 0.338 e. The van der Waals surface area contributed by atoms with E-state index in [9.17, 15) is 4.79 Å². The number of rotatable bonds is 4. The number of halogens is 1. The van der Waals surface area contributed by atoms with Gasteiger partial charge in [-0.1, -0.05) is 36.6 Å². The summed E-state index contributed by atoms with van der Waals surface area (Å²) in [5.74, 6) is 0.668. The molecular formula is C14H19ClN2O. The van der Waals surface area contributed by atoms with E-state index in [-0.39, 0.29) is 6.03 Å². The molecule has 2 rings (SSSR count). The maximum absolute atomic E-state index is 11.6. The number of amides is 2. The van der Waals surface area contributed by atoms with Crippen molar-refractivity contribution in [2.24, 2.45) is 5.92 Å². The summed E-state index contributed by atoms with van der Waals surface area (Å²) in [6.07, 6.45) is 5.09. The van der Waals surface area contributed by atoms with Gasteiger partial charge in [0.1, 0.15) is 0 Å². The van der Waals surface area contributed by atoms with Crippen molar-refractivity contribution in [1.82, 2.24) is 10.6 Å². The van der Waals surface area contributed by atoms with Crippen molar-refractivity contribution in [3.05, 3.63) is 34.9 Å². The minimum atomic E-state index is -0.0955. The van der Waals surface area contributed by atoms with E-state index in [1.165, 1.54) is 25.7 Å². The lowest BCUT2D eigenvalue weighted by molar-refractivity contribution is 0.238. The SMILES string of the molecule is O=C(NCc1cccc(Cl)c1)NCC1CCCC1. The van der Waals surface area contributed by atoms with Gasteiger partial charge in [-0.2, -0.15) is 0 Å². The molecule has 0 aliphatic heterocycles. The highest BCUT2D eigenvalue weighted by Gasteiger charge is 2.15. The Morgan fingerprint density at radius 2 is 2.06 bits per heavy atom. The molecule has 0 heterocycles. The van der Waals surface area contributed by atoms with E-state index in [1.54, 1.807) is 0 Å². The van der Waals surface area contributed by atoms with Crippen molar-refractivity contribution in [2.45, 2.75) is 32.2 Å². The van der Waals surface area contributed by atoms with Crippen LogP contribution in [0.2, 0.25) is 5.02 Å². The van der Waals surface area contributed by atoms with E-state index in [2.05, 4.69) is 10.6 Å². The second-order valence-electron chi connectivity index (χ2n) is 4.84. The maximum Gasteiger partial charge on any atom is 0.315 e. The fourth-order valence-electron chi connectivity index (χ4n) is 2.34. The third-order valence-corrected chi connectivity index (χ3v) is 3.60. The Kier molecular flexibility index (Phi) is 4.88. The zero-order chi connectivity index (χ0) is 12.8. The van der Waals surface area contributed by atoms with Crippen LogP contribution in [0.3, 0.4) is 0 Å². The first-order valence-corrected chi connectivity index (χ1v) is 6.88. The molecule has 0 saturated heterocycles.